The van der Waals surface area contributed by atoms with E-state index in [9.17, 15) is 0 Å². The van der Waals surface area contributed by atoms with Gasteiger partial charge >= 0.3 is 0 Å². The van der Waals surface area contributed by atoms with Gasteiger partial charge in [0, 0.05) is 42.8 Å². The highest BCUT2D eigenvalue weighted by Crippen LogP contribution is 2.31. The molecule has 4 aromatic heterocycles. The Hall–Kier alpha value is -3.49. The fourth-order valence-electron chi connectivity index (χ4n) is 3.76. The third-order valence-corrected chi connectivity index (χ3v) is 5.38. The molecule has 0 amide bonds. The van der Waals surface area contributed by atoms with Crippen LogP contribution in [-0.4, -0.2) is 52.0 Å². The lowest BCUT2D eigenvalue weighted by Crippen LogP contribution is -2.41. The highest BCUT2D eigenvalue weighted by molar-refractivity contribution is 5.75. The van der Waals surface area contributed by atoms with E-state index in [2.05, 4.69) is 31.8 Å². The fourth-order valence-corrected chi connectivity index (χ4v) is 3.76. The van der Waals surface area contributed by atoms with Crippen LogP contribution in [0.4, 0.5) is 11.6 Å². The van der Waals surface area contributed by atoms with Crippen molar-refractivity contribution in [1.82, 2.24) is 24.9 Å². The molecule has 8 heteroatoms. The highest BCUT2D eigenvalue weighted by atomic mass is 16.5. The molecule has 2 N–H and O–H groups in total. The van der Waals surface area contributed by atoms with Crippen molar-refractivity contribution in [2.75, 3.05) is 31.6 Å². The van der Waals surface area contributed by atoms with Gasteiger partial charge in [0.05, 0.1) is 18.3 Å². The smallest absolute Gasteiger partial charge is 0.154 e. The number of rotatable bonds is 6. The minimum Gasteiger partial charge on any atom is -0.489 e. The van der Waals surface area contributed by atoms with Gasteiger partial charge in [0.2, 0.25) is 0 Å². The summed E-state index contributed by atoms with van der Waals surface area (Å²) in [7, 11) is 0. The summed E-state index contributed by atoms with van der Waals surface area (Å²) in [5.74, 6) is 2.26. The molecule has 0 aliphatic carbocycles. The monoisotopic (exact) mass is 430 g/mol. The van der Waals surface area contributed by atoms with Crippen LogP contribution in [0.5, 0.6) is 5.75 Å². The number of pyridine rings is 3. The van der Waals surface area contributed by atoms with Gasteiger partial charge in [0.25, 0.3) is 0 Å². The molecule has 1 saturated heterocycles. The van der Waals surface area contributed by atoms with E-state index >= 15 is 0 Å². The van der Waals surface area contributed by atoms with Crippen LogP contribution in [0.1, 0.15) is 11.3 Å². The van der Waals surface area contributed by atoms with E-state index in [-0.39, 0.29) is 6.10 Å². The van der Waals surface area contributed by atoms with E-state index in [1.54, 1.807) is 12.4 Å². The van der Waals surface area contributed by atoms with E-state index in [1.807, 2.05) is 54.9 Å². The van der Waals surface area contributed by atoms with Gasteiger partial charge in [-0.3, -0.25) is 4.98 Å². The lowest BCUT2D eigenvalue weighted by molar-refractivity contribution is 0.000245. The van der Waals surface area contributed by atoms with E-state index in [1.165, 1.54) is 0 Å². The molecule has 5 heterocycles. The summed E-state index contributed by atoms with van der Waals surface area (Å²) in [6.45, 7) is 6.89. The van der Waals surface area contributed by atoms with Gasteiger partial charge < -0.3 is 20.1 Å². The first-order valence-electron chi connectivity index (χ1n) is 10.8. The van der Waals surface area contributed by atoms with Crippen LogP contribution < -0.4 is 15.4 Å². The minimum absolute atomic E-state index is 0.0408. The number of aryl methyl sites for hydroxylation is 2. The van der Waals surface area contributed by atoms with Crippen LogP contribution in [0.2, 0.25) is 0 Å². The molecule has 0 bridgehead atoms. The highest BCUT2D eigenvalue weighted by Gasteiger charge is 2.16. The molecule has 4 aromatic rings. The number of hydrogen-bond donors (Lipinski definition) is 2. The van der Waals surface area contributed by atoms with Crippen molar-refractivity contribution in [3.05, 3.63) is 66.2 Å². The first-order chi connectivity index (χ1) is 15.6. The van der Waals surface area contributed by atoms with E-state index < -0.39 is 0 Å². The number of nitrogens with one attached hydrogen (secondary N) is 2. The molecule has 1 fully saturated rings. The van der Waals surface area contributed by atoms with Crippen molar-refractivity contribution in [2.45, 2.75) is 20.0 Å². The number of fused-ring (bicyclic) bond motifs is 1. The summed E-state index contributed by atoms with van der Waals surface area (Å²) in [6, 6.07) is 12.1. The van der Waals surface area contributed by atoms with Gasteiger partial charge in [0.15, 0.2) is 5.82 Å². The van der Waals surface area contributed by atoms with Crippen LogP contribution >= 0.6 is 0 Å². The summed E-state index contributed by atoms with van der Waals surface area (Å²) in [6.07, 6.45) is 5.57. The fraction of sp³-hybridized carbons (Fsp3) is 0.292. The van der Waals surface area contributed by atoms with Crippen LogP contribution in [0.25, 0.3) is 16.6 Å². The molecule has 0 radical (unpaired) electrons. The van der Waals surface area contributed by atoms with Gasteiger partial charge in [-0.25, -0.2) is 9.50 Å². The Balaban J connectivity index is 1.40. The van der Waals surface area contributed by atoms with Gasteiger partial charge in [-0.05, 0) is 55.3 Å². The zero-order valence-electron chi connectivity index (χ0n) is 18.2. The predicted molar refractivity (Wildman–Crippen MR) is 124 cm³/mol. The molecule has 5 rings (SSSR count). The second-order valence-corrected chi connectivity index (χ2v) is 7.99. The zero-order chi connectivity index (χ0) is 21.9. The van der Waals surface area contributed by atoms with E-state index in [0.717, 1.165) is 58.4 Å². The van der Waals surface area contributed by atoms with Crippen molar-refractivity contribution >= 4 is 17.2 Å². The van der Waals surface area contributed by atoms with Gasteiger partial charge in [0.1, 0.15) is 24.3 Å². The lowest BCUT2D eigenvalue weighted by atomic mass is 10.1. The van der Waals surface area contributed by atoms with Crippen LogP contribution in [0.15, 0.2) is 55.0 Å². The number of nitrogens with zero attached hydrogens (tertiary/aromatic N) is 4. The molecular formula is C24H26N6O2. The lowest BCUT2D eigenvalue weighted by Gasteiger charge is -2.24. The molecule has 1 atom stereocenters. The van der Waals surface area contributed by atoms with E-state index in [0.29, 0.717) is 13.2 Å². The third-order valence-electron chi connectivity index (χ3n) is 5.38. The third kappa shape index (κ3) is 4.56. The SMILES string of the molecule is Cc1ccnc(Nc2cc3cc(-c4cc(C)ncc4OC[C@@H]4CNCCO4)ccn3n2)c1. The second-order valence-electron chi connectivity index (χ2n) is 7.99. The summed E-state index contributed by atoms with van der Waals surface area (Å²) in [4.78, 5) is 8.79. The Morgan fingerprint density at radius 1 is 1.16 bits per heavy atom. The molecule has 164 valence electrons. The quantitative estimate of drug-likeness (QED) is 0.484. The summed E-state index contributed by atoms with van der Waals surface area (Å²) in [5, 5.41) is 11.2. The number of ether oxygens (including phenoxy) is 2. The molecule has 8 nitrogen and oxygen atoms in total. The van der Waals surface area contributed by atoms with Gasteiger partial charge in [-0.2, -0.15) is 5.10 Å². The van der Waals surface area contributed by atoms with E-state index in [4.69, 9.17) is 9.47 Å². The number of anilines is 2. The first-order valence-corrected chi connectivity index (χ1v) is 10.8. The summed E-state index contributed by atoms with van der Waals surface area (Å²) >= 11 is 0. The van der Waals surface area contributed by atoms with Crippen LogP contribution in [0, 0.1) is 13.8 Å². The molecule has 1 aliphatic heterocycles. The summed E-state index contributed by atoms with van der Waals surface area (Å²) in [5.41, 5.74) is 5.09. The molecular weight excluding hydrogens is 404 g/mol. The standard InChI is InChI=1S/C24H26N6O2/c1-16-3-5-26-23(9-16)28-24-12-19-11-18(4-7-30(19)29-24)21-10-17(2)27-14-22(21)32-15-20-13-25-6-8-31-20/h3-5,7,9-12,14,20,25H,6,8,13,15H2,1-2H3,(H,26,28,29)/t20-/m0/s1. The maximum atomic E-state index is 6.12. The Labute approximate surface area is 186 Å². The number of aromatic nitrogens is 4. The molecule has 1 aliphatic rings. The topological polar surface area (TPSA) is 85.6 Å². The number of hydrogen-bond acceptors (Lipinski definition) is 7. The Morgan fingerprint density at radius 2 is 2.09 bits per heavy atom. The normalized spacial score (nSPS) is 16.2. The predicted octanol–water partition coefficient (Wildman–Crippen LogP) is 3.52. The van der Waals surface area contributed by atoms with Crippen molar-refractivity contribution in [3.63, 3.8) is 0 Å². The molecule has 0 unspecified atom stereocenters. The van der Waals surface area contributed by atoms with Crippen molar-refractivity contribution in [3.8, 4) is 16.9 Å². The Bertz CT molecular complexity index is 1230. The average Bonchev–Trinajstić information content (AvgIpc) is 3.20. The van der Waals surface area contributed by atoms with Gasteiger partial charge in [-0.1, -0.05) is 0 Å². The van der Waals surface area contributed by atoms with Crippen LogP contribution in [-0.2, 0) is 4.74 Å². The minimum atomic E-state index is 0.0408. The van der Waals surface area contributed by atoms with Crippen LogP contribution in [0.3, 0.4) is 0 Å². The largest absolute Gasteiger partial charge is 0.489 e. The maximum absolute atomic E-state index is 6.12. The molecule has 32 heavy (non-hydrogen) atoms. The number of morpholine rings is 1. The maximum Gasteiger partial charge on any atom is 0.154 e. The molecule has 0 saturated carbocycles. The van der Waals surface area contributed by atoms with Crippen molar-refractivity contribution in [2.24, 2.45) is 0 Å². The van der Waals surface area contributed by atoms with Gasteiger partial charge in [-0.15, -0.1) is 0 Å². The molecule has 0 aromatic carbocycles. The average molecular weight is 431 g/mol. The second kappa shape index (κ2) is 8.94. The first kappa shape index (κ1) is 20.4. The summed E-state index contributed by atoms with van der Waals surface area (Å²) < 4.78 is 13.7. The van der Waals surface area contributed by atoms with Crippen molar-refractivity contribution in [1.29, 1.82) is 0 Å². The molecule has 0 spiro atoms. The Kier molecular flexibility index (Phi) is 5.70. The Morgan fingerprint density at radius 3 is 2.94 bits per heavy atom. The zero-order valence-corrected chi connectivity index (χ0v) is 18.2. The van der Waals surface area contributed by atoms with Crippen molar-refractivity contribution < 1.29 is 9.47 Å².